The maximum Gasteiger partial charge on any atom is 0.258 e. The quantitative estimate of drug-likeness (QED) is 0.891. The Morgan fingerprint density at radius 1 is 1.61 bits per heavy atom. The third-order valence-electron chi connectivity index (χ3n) is 2.48. The molecule has 0 atom stereocenters. The van der Waals surface area contributed by atoms with E-state index in [1.807, 2.05) is 31.5 Å². The van der Waals surface area contributed by atoms with E-state index in [2.05, 4.69) is 10.4 Å². The van der Waals surface area contributed by atoms with Crippen molar-refractivity contribution in [2.75, 3.05) is 6.61 Å². The maximum absolute atomic E-state index is 11.5. The number of aryl methyl sites for hydroxylation is 2. The lowest BCUT2D eigenvalue weighted by atomic mass is 10.4. The number of carbonyl (C=O) groups excluding carboxylic acids is 1. The van der Waals surface area contributed by atoms with E-state index in [1.54, 1.807) is 22.1 Å². The van der Waals surface area contributed by atoms with Crippen molar-refractivity contribution in [1.29, 1.82) is 0 Å². The second-order valence-electron chi connectivity index (χ2n) is 3.89. The Morgan fingerprint density at radius 3 is 3.06 bits per heavy atom. The summed E-state index contributed by atoms with van der Waals surface area (Å²) in [7, 11) is 1.83. The van der Waals surface area contributed by atoms with Crippen LogP contribution in [0.2, 0.25) is 0 Å². The molecule has 0 fully saturated rings. The van der Waals surface area contributed by atoms with Gasteiger partial charge in [-0.1, -0.05) is 6.07 Å². The van der Waals surface area contributed by atoms with Crippen molar-refractivity contribution in [3.05, 3.63) is 34.2 Å². The molecule has 1 amide bonds. The first-order valence-electron chi connectivity index (χ1n) is 5.57. The number of aromatic nitrogens is 2. The minimum absolute atomic E-state index is 0.0121. The standard InChI is InChI=1S/C12H15N3O2S/c1-9-6-12(14-15(9)2)17-8-11(16)13-7-10-4-3-5-18-10/h3-6H,7-8H2,1-2H3,(H,13,16). The van der Waals surface area contributed by atoms with E-state index >= 15 is 0 Å². The summed E-state index contributed by atoms with van der Waals surface area (Å²) < 4.78 is 7.01. The number of thiophene rings is 1. The van der Waals surface area contributed by atoms with Crippen LogP contribution in [-0.2, 0) is 18.4 Å². The van der Waals surface area contributed by atoms with Crippen molar-refractivity contribution in [3.8, 4) is 5.88 Å². The Bertz CT molecular complexity index is 500. The molecule has 0 aliphatic heterocycles. The maximum atomic E-state index is 11.5. The van der Waals surface area contributed by atoms with Crippen LogP contribution in [0.25, 0.3) is 0 Å². The zero-order valence-electron chi connectivity index (χ0n) is 10.3. The molecule has 2 aromatic rings. The minimum Gasteiger partial charge on any atom is -0.467 e. The first-order valence-corrected chi connectivity index (χ1v) is 6.45. The molecule has 0 unspecified atom stereocenters. The van der Waals surface area contributed by atoms with E-state index in [1.165, 1.54) is 0 Å². The van der Waals surface area contributed by atoms with Crippen LogP contribution in [0.15, 0.2) is 23.6 Å². The van der Waals surface area contributed by atoms with Gasteiger partial charge in [0.25, 0.3) is 5.91 Å². The molecule has 5 nitrogen and oxygen atoms in total. The monoisotopic (exact) mass is 265 g/mol. The molecular formula is C12H15N3O2S. The van der Waals surface area contributed by atoms with Crippen LogP contribution >= 0.6 is 11.3 Å². The van der Waals surface area contributed by atoms with E-state index in [-0.39, 0.29) is 12.5 Å². The summed E-state index contributed by atoms with van der Waals surface area (Å²) in [6.07, 6.45) is 0. The summed E-state index contributed by atoms with van der Waals surface area (Å²) in [6, 6.07) is 5.74. The van der Waals surface area contributed by atoms with Gasteiger partial charge < -0.3 is 10.1 Å². The van der Waals surface area contributed by atoms with Gasteiger partial charge in [0.15, 0.2) is 6.61 Å². The molecule has 0 aliphatic rings. The highest BCUT2D eigenvalue weighted by Gasteiger charge is 2.06. The van der Waals surface area contributed by atoms with Crippen molar-refractivity contribution in [2.24, 2.45) is 7.05 Å². The molecule has 6 heteroatoms. The predicted molar refractivity (Wildman–Crippen MR) is 69.6 cm³/mol. The zero-order chi connectivity index (χ0) is 13.0. The smallest absolute Gasteiger partial charge is 0.258 e. The number of carbonyl (C=O) groups is 1. The topological polar surface area (TPSA) is 56.1 Å². The second kappa shape index (κ2) is 5.68. The third-order valence-corrected chi connectivity index (χ3v) is 3.36. The predicted octanol–water partition coefficient (Wildman–Crippen LogP) is 1.49. The minimum atomic E-state index is -0.147. The van der Waals surface area contributed by atoms with E-state index in [0.717, 1.165) is 10.6 Å². The second-order valence-corrected chi connectivity index (χ2v) is 4.92. The lowest BCUT2D eigenvalue weighted by Crippen LogP contribution is -2.28. The first kappa shape index (κ1) is 12.6. The fourth-order valence-corrected chi connectivity index (χ4v) is 2.03. The highest BCUT2D eigenvalue weighted by Crippen LogP contribution is 2.09. The normalized spacial score (nSPS) is 10.3. The van der Waals surface area contributed by atoms with Crippen LogP contribution in [0.4, 0.5) is 0 Å². The first-order chi connectivity index (χ1) is 8.65. The molecule has 0 bridgehead atoms. The Hall–Kier alpha value is -1.82. The molecule has 2 heterocycles. The third kappa shape index (κ3) is 3.33. The Morgan fingerprint density at radius 2 is 2.44 bits per heavy atom. The lowest BCUT2D eigenvalue weighted by molar-refractivity contribution is -0.123. The van der Waals surface area contributed by atoms with Gasteiger partial charge in [-0.05, 0) is 18.4 Å². The molecule has 0 aromatic carbocycles. The van der Waals surface area contributed by atoms with E-state index in [0.29, 0.717) is 12.4 Å². The van der Waals surface area contributed by atoms with Crippen molar-refractivity contribution in [2.45, 2.75) is 13.5 Å². The van der Waals surface area contributed by atoms with E-state index < -0.39 is 0 Å². The summed E-state index contributed by atoms with van der Waals surface area (Å²) in [5.74, 6) is 0.327. The van der Waals surface area contributed by atoms with Gasteiger partial charge in [-0.25, -0.2) is 0 Å². The number of rotatable bonds is 5. The van der Waals surface area contributed by atoms with E-state index in [4.69, 9.17) is 4.74 Å². The number of hydrogen-bond donors (Lipinski definition) is 1. The van der Waals surface area contributed by atoms with Crippen LogP contribution in [0.3, 0.4) is 0 Å². The number of nitrogens with zero attached hydrogens (tertiary/aromatic N) is 2. The molecule has 2 rings (SSSR count). The van der Waals surface area contributed by atoms with Crippen molar-refractivity contribution in [1.82, 2.24) is 15.1 Å². The average molecular weight is 265 g/mol. The van der Waals surface area contributed by atoms with Gasteiger partial charge in [-0.3, -0.25) is 9.48 Å². The summed E-state index contributed by atoms with van der Waals surface area (Å²) >= 11 is 1.61. The van der Waals surface area contributed by atoms with Gasteiger partial charge in [0.1, 0.15) is 0 Å². The van der Waals surface area contributed by atoms with Crippen LogP contribution in [-0.4, -0.2) is 22.3 Å². The van der Waals surface area contributed by atoms with Crippen LogP contribution < -0.4 is 10.1 Å². The summed E-state index contributed by atoms with van der Waals surface area (Å²) in [4.78, 5) is 12.7. The van der Waals surface area contributed by atoms with Crippen LogP contribution in [0, 0.1) is 6.92 Å². The van der Waals surface area contributed by atoms with Gasteiger partial charge >= 0.3 is 0 Å². The van der Waals surface area contributed by atoms with Gasteiger partial charge in [0.2, 0.25) is 5.88 Å². The summed E-state index contributed by atoms with van der Waals surface area (Å²) in [6.45, 7) is 2.46. The highest BCUT2D eigenvalue weighted by molar-refractivity contribution is 7.09. The van der Waals surface area contributed by atoms with Gasteiger partial charge in [-0.15, -0.1) is 16.4 Å². The number of amides is 1. The SMILES string of the molecule is Cc1cc(OCC(=O)NCc2cccs2)nn1C. The van der Waals surface area contributed by atoms with Gasteiger partial charge in [-0.2, -0.15) is 0 Å². The summed E-state index contributed by atoms with van der Waals surface area (Å²) in [5.41, 5.74) is 0.990. The molecular weight excluding hydrogens is 250 g/mol. The molecule has 1 N–H and O–H groups in total. The Balaban J connectivity index is 1.74. The van der Waals surface area contributed by atoms with E-state index in [9.17, 15) is 4.79 Å². The number of hydrogen-bond acceptors (Lipinski definition) is 4. The van der Waals surface area contributed by atoms with Crippen LogP contribution in [0.5, 0.6) is 5.88 Å². The van der Waals surface area contributed by atoms with Crippen molar-refractivity contribution < 1.29 is 9.53 Å². The summed E-state index contributed by atoms with van der Waals surface area (Å²) in [5, 5.41) is 8.88. The zero-order valence-corrected chi connectivity index (χ0v) is 11.2. The lowest BCUT2D eigenvalue weighted by Gasteiger charge is -2.04. The Labute approximate surface area is 109 Å². The van der Waals surface area contributed by atoms with Crippen molar-refractivity contribution >= 4 is 17.2 Å². The molecule has 0 saturated heterocycles. The molecule has 18 heavy (non-hydrogen) atoms. The largest absolute Gasteiger partial charge is 0.467 e. The fourth-order valence-electron chi connectivity index (χ4n) is 1.39. The number of ether oxygens (including phenoxy) is 1. The average Bonchev–Trinajstić information content (AvgIpc) is 2.95. The van der Waals surface area contributed by atoms with Crippen LogP contribution in [0.1, 0.15) is 10.6 Å². The van der Waals surface area contributed by atoms with Gasteiger partial charge in [0, 0.05) is 23.7 Å². The molecule has 2 aromatic heterocycles. The van der Waals surface area contributed by atoms with Gasteiger partial charge in [0.05, 0.1) is 6.54 Å². The van der Waals surface area contributed by atoms with Crippen molar-refractivity contribution in [3.63, 3.8) is 0 Å². The fraction of sp³-hybridized carbons (Fsp3) is 0.333. The highest BCUT2D eigenvalue weighted by atomic mass is 32.1. The Kier molecular flexibility index (Phi) is 3.99. The molecule has 0 saturated carbocycles. The molecule has 96 valence electrons. The molecule has 0 spiro atoms. The molecule has 0 aliphatic carbocycles. The number of nitrogens with one attached hydrogen (secondary N) is 1. The molecule has 0 radical (unpaired) electrons.